The van der Waals surface area contributed by atoms with Gasteiger partial charge in [-0.1, -0.05) is 0 Å². The molecule has 0 saturated heterocycles. The molecular weight excluding hydrogens is 216 g/mol. The summed E-state index contributed by atoms with van der Waals surface area (Å²) in [7, 11) is 3.00. The van der Waals surface area contributed by atoms with E-state index in [2.05, 4.69) is 5.32 Å². The van der Waals surface area contributed by atoms with Gasteiger partial charge >= 0.3 is 0 Å². The van der Waals surface area contributed by atoms with Gasteiger partial charge in [0.05, 0.1) is 13.7 Å². The van der Waals surface area contributed by atoms with Crippen molar-refractivity contribution >= 4 is 5.78 Å². The third kappa shape index (κ3) is 2.76. The van der Waals surface area contributed by atoms with Crippen LogP contribution in [0.5, 0.6) is 5.75 Å². The molecule has 0 saturated carbocycles. The Labute approximate surface area is 92.4 Å². The summed E-state index contributed by atoms with van der Waals surface area (Å²) in [6.07, 6.45) is -2.67. The van der Waals surface area contributed by atoms with Crippen molar-refractivity contribution in [2.75, 3.05) is 20.7 Å². The van der Waals surface area contributed by atoms with E-state index < -0.39 is 6.43 Å². The van der Waals surface area contributed by atoms with Crippen LogP contribution >= 0.6 is 0 Å². The maximum atomic E-state index is 12.7. The van der Waals surface area contributed by atoms with Gasteiger partial charge in [0.2, 0.25) is 0 Å². The van der Waals surface area contributed by atoms with Crippen LogP contribution in [0.25, 0.3) is 0 Å². The lowest BCUT2D eigenvalue weighted by atomic mass is 10.0. The van der Waals surface area contributed by atoms with E-state index in [-0.39, 0.29) is 23.5 Å². The van der Waals surface area contributed by atoms with Crippen molar-refractivity contribution in [1.82, 2.24) is 5.32 Å². The SMILES string of the molecule is CNCC(=O)c1cc(OC)ccc1C(F)F. The lowest BCUT2D eigenvalue weighted by Crippen LogP contribution is -2.20. The number of nitrogens with one attached hydrogen (secondary N) is 1. The molecule has 0 heterocycles. The zero-order chi connectivity index (χ0) is 12.1. The normalized spacial score (nSPS) is 10.6. The standard InChI is InChI=1S/C11H13F2NO2/c1-14-6-10(15)9-5-7(16-2)3-4-8(9)11(12)13/h3-5,11,14H,6H2,1-2H3. The van der Waals surface area contributed by atoms with E-state index in [4.69, 9.17) is 4.74 Å². The Hall–Kier alpha value is -1.49. The monoisotopic (exact) mass is 229 g/mol. The predicted octanol–water partition coefficient (Wildman–Crippen LogP) is 2.03. The molecule has 0 aliphatic carbocycles. The molecule has 16 heavy (non-hydrogen) atoms. The quantitative estimate of drug-likeness (QED) is 0.785. The van der Waals surface area contributed by atoms with Gasteiger partial charge in [-0.25, -0.2) is 8.78 Å². The van der Waals surface area contributed by atoms with Crippen LogP contribution in [-0.2, 0) is 0 Å². The van der Waals surface area contributed by atoms with Gasteiger partial charge in [0, 0.05) is 11.1 Å². The molecule has 1 aromatic carbocycles. The van der Waals surface area contributed by atoms with Crippen molar-refractivity contribution in [3.05, 3.63) is 29.3 Å². The maximum absolute atomic E-state index is 12.7. The lowest BCUT2D eigenvalue weighted by molar-refractivity contribution is 0.0979. The first kappa shape index (κ1) is 12.6. The van der Waals surface area contributed by atoms with Crippen LogP contribution in [0, 0.1) is 0 Å². The molecular formula is C11H13F2NO2. The number of methoxy groups -OCH3 is 1. The van der Waals surface area contributed by atoms with Crippen molar-refractivity contribution in [2.45, 2.75) is 6.43 Å². The molecule has 88 valence electrons. The van der Waals surface area contributed by atoms with Crippen LogP contribution in [0.4, 0.5) is 8.78 Å². The third-order valence-corrected chi connectivity index (χ3v) is 2.13. The Kier molecular flexibility index (Phi) is 4.37. The zero-order valence-corrected chi connectivity index (χ0v) is 9.09. The molecule has 3 nitrogen and oxygen atoms in total. The number of likely N-dealkylation sites (N-methyl/N-ethyl adjacent to an activating group) is 1. The average molecular weight is 229 g/mol. The number of Topliss-reactive ketones (excluding diaryl/α,β-unsaturated/α-hetero) is 1. The summed E-state index contributed by atoms with van der Waals surface area (Å²) < 4.78 is 30.2. The van der Waals surface area contributed by atoms with Crippen LogP contribution in [0.1, 0.15) is 22.3 Å². The third-order valence-electron chi connectivity index (χ3n) is 2.13. The summed E-state index contributed by atoms with van der Waals surface area (Å²) in [5.41, 5.74) is -0.259. The van der Waals surface area contributed by atoms with Crippen molar-refractivity contribution in [3.8, 4) is 5.75 Å². The van der Waals surface area contributed by atoms with E-state index in [9.17, 15) is 13.6 Å². The van der Waals surface area contributed by atoms with Crippen LogP contribution in [-0.4, -0.2) is 26.5 Å². The van der Waals surface area contributed by atoms with Crippen molar-refractivity contribution < 1.29 is 18.3 Å². The molecule has 0 unspecified atom stereocenters. The summed E-state index contributed by atoms with van der Waals surface area (Å²) in [5.74, 6) is 0.0144. The highest BCUT2D eigenvalue weighted by molar-refractivity contribution is 5.99. The van der Waals surface area contributed by atoms with Gasteiger partial charge in [0.15, 0.2) is 5.78 Å². The molecule has 0 aliphatic rings. The second-order valence-electron chi connectivity index (χ2n) is 3.21. The van der Waals surface area contributed by atoms with E-state index in [1.165, 1.54) is 25.3 Å². The number of halogens is 2. The van der Waals surface area contributed by atoms with Gasteiger partial charge < -0.3 is 10.1 Å². The summed E-state index contributed by atoms with van der Waals surface area (Å²) >= 11 is 0. The summed E-state index contributed by atoms with van der Waals surface area (Å²) in [4.78, 5) is 11.6. The fraction of sp³-hybridized carbons (Fsp3) is 0.364. The first-order valence-corrected chi connectivity index (χ1v) is 4.74. The van der Waals surface area contributed by atoms with Crippen molar-refractivity contribution in [3.63, 3.8) is 0 Å². The van der Waals surface area contributed by atoms with Crippen LogP contribution < -0.4 is 10.1 Å². The molecule has 0 aromatic heterocycles. The number of ketones is 1. The van der Waals surface area contributed by atoms with E-state index >= 15 is 0 Å². The number of hydrogen-bond donors (Lipinski definition) is 1. The molecule has 0 bridgehead atoms. The van der Waals surface area contributed by atoms with Gasteiger partial charge in [-0.3, -0.25) is 4.79 Å². The minimum absolute atomic E-state index is 0.00343. The van der Waals surface area contributed by atoms with Gasteiger partial charge in [-0.2, -0.15) is 0 Å². The molecule has 0 atom stereocenters. The smallest absolute Gasteiger partial charge is 0.264 e. The highest BCUT2D eigenvalue weighted by Crippen LogP contribution is 2.26. The Morgan fingerprint density at radius 3 is 2.69 bits per heavy atom. The zero-order valence-electron chi connectivity index (χ0n) is 9.09. The molecule has 5 heteroatoms. The molecule has 0 spiro atoms. The van der Waals surface area contributed by atoms with Gasteiger partial charge in [-0.05, 0) is 25.2 Å². The predicted molar refractivity (Wildman–Crippen MR) is 56.2 cm³/mol. The summed E-state index contributed by atoms with van der Waals surface area (Å²) in [5, 5.41) is 2.63. The fourth-order valence-corrected chi connectivity index (χ4v) is 1.35. The first-order valence-electron chi connectivity index (χ1n) is 4.74. The molecule has 0 amide bonds. The minimum atomic E-state index is -2.67. The Balaban J connectivity index is 3.14. The lowest BCUT2D eigenvalue weighted by Gasteiger charge is -2.09. The molecule has 0 fully saturated rings. The van der Waals surface area contributed by atoms with Crippen LogP contribution in [0.3, 0.4) is 0 Å². The number of carbonyl (C=O) groups is 1. The molecule has 1 N–H and O–H groups in total. The number of ether oxygens (including phenoxy) is 1. The Morgan fingerprint density at radius 2 is 2.19 bits per heavy atom. The maximum Gasteiger partial charge on any atom is 0.264 e. The second kappa shape index (κ2) is 5.55. The van der Waals surface area contributed by atoms with Crippen molar-refractivity contribution in [1.29, 1.82) is 0 Å². The van der Waals surface area contributed by atoms with E-state index in [1.54, 1.807) is 7.05 Å². The molecule has 1 aromatic rings. The molecule has 0 aliphatic heterocycles. The van der Waals surface area contributed by atoms with E-state index in [1.807, 2.05) is 0 Å². The molecule has 1 rings (SSSR count). The average Bonchev–Trinajstić information content (AvgIpc) is 2.28. The number of carbonyl (C=O) groups excluding carboxylic acids is 1. The number of rotatable bonds is 5. The van der Waals surface area contributed by atoms with E-state index in [0.717, 1.165) is 0 Å². The number of hydrogen-bond acceptors (Lipinski definition) is 3. The number of benzene rings is 1. The highest BCUT2D eigenvalue weighted by atomic mass is 19.3. The van der Waals surface area contributed by atoms with Crippen LogP contribution in [0.15, 0.2) is 18.2 Å². The second-order valence-corrected chi connectivity index (χ2v) is 3.21. The number of alkyl halides is 2. The summed E-state index contributed by atoms with van der Waals surface area (Å²) in [6.45, 7) is 0.0207. The van der Waals surface area contributed by atoms with Crippen molar-refractivity contribution in [2.24, 2.45) is 0 Å². The minimum Gasteiger partial charge on any atom is -0.497 e. The van der Waals surface area contributed by atoms with Gasteiger partial charge in [0.25, 0.3) is 6.43 Å². The first-order chi connectivity index (χ1) is 7.60. The summed E-state index contributed by atoms with van der Waals surface area (Å²) in [6, 6.07) is 3.96. The van der Waals surface area contributed by atoms with Gasteiger partial charge in [0.1, 0.15) is 5.75 Å². The fourth-order valence-electron chi connectivity index (χ4n) is 1.35. The highest BCUT2D eigenvalue weighted by Gasteiger charge is 2.18. The Bertz CT molecular complexity index is 380. The van der Waals surface area contributed by atoms with Gasteiger partial charge in [-0.15, -0.1) is 0 Å². The Morgan fingerprint density at radius 1 is 1.50 bits per heavy atom. The van der Waals surface area contributed by atoms with Crippen LogP contribution in [0.2, 0.25) is 0 Å². The van der Waals surface area contributed by atoms with E-state index in [0.29, 0.717) is 5.75 Å². The largest absolute Gasteiger partial charge is 0.497 e. The topological polar surface area (TPSA) is 38.3 Å². The molecule has 0 radical (unpaired) electrons.